The molecule has 29 heavy (non-hydrogen) atoms. The SMILES string of the molecule is O=C(/C=C/c1ccncc1)NCC(c1ccc(C(F)(F)F)cc1)N1CCOCC1. The first-order chi connectivity index (χ1) is 13.9. The van der Waals surface area contributed by atoms with Crippen LogP contribution in [0.15, 0.2) is 54.9 Å². The molecule has 1 N–H and O–H groups in total. The molecule has 1 aliphatic rings. The van der Waals surface area contributed by atoms with Gasteiger partial charge in [0.15, 0.2) is 0 Å². The summed E-state index contributed by atoms with van der Waals surface area (Å²) in [7, 11) is 0. The van der Waals surface area contributed by atoms with E-state index in [1.165, 1.54) is 18.2 Å². The zero-order valence-corrected chi connectivity index (χ0v) is 15.7. The van der Waals surface area contributed by atoms with Crippen molar-refractivity contribution in [2.75, 3.05) is 32.8 Å². The molecular weight excluding hydrogens is 383 g/mol. The first-order valence-corrected chi connectivity index (χ1v) is 9.28. The highest BCUT2D eigenvalue weighted by atomic mass is 19.4. The summed E-state index contributed by atoms with van der Waals surface area (Å²) in [5, 5.41) is 2.85. The van der Waals surface area contributed by atoms with Crippen molar-refractivity contribution in [2.45, 2.75) is 12.2 Å². The van der Waals surface area contributed by atoms with Gasteiger partial charge in [-0.3, -0.25) is 14.7 Å². The van der Waals surface area contributed by atoms with E-state index < -0.39 is 11.7 Å². The maximum absolute atomic E-state index is 12.9. The number of rotatable bonds is 6. The number of carbonyl (C=O) groups is 1. The number of pyridine rings is 1. The van der Waals surface area contributed by atoms with E-state index in [0.717, 1.165) is 23.3 Å². The molecule has 5 nitrogen and oxygen atoms in total. The minimum absolute atomic E-state index is 0.237. The lowest BCUT2D eigenvalue weighted by atomic mass is 10.0. The van der Waals surface area contributed by atoms with E-state index in [1.807, 2.05) is 0 Å². The number of morpholine rings is 1. The van der Waals surface area contributed by atoms with Crippen LogP contribution in [0.1, 0.15) is 22.7 Å². The molecule has 0 aliphatic carbocycles. The van der Waals surface area contributed by atoms with Crippen molar-refractivity contribution in [3.05, 3.63) is 71.6 Å². The largest absolute Gasteiger partial charge is 0.416 e. The van der Waals surface area contributed by atoms with E-state index in [1.54, 1.807) is 30.6 Å². The van der Waals surface area contributed by atoms with Crippen molar-refractivity contribution in [3.63, 3.8) is 0 Å². The Labute approximate surface area is 167 Å². The fourth-order valence-corrected chi connectivity index (χ4v) is 3.14. The summed E-state index contributed by atoms with van der Waals surface area (Å²) >= 11 is 0. The third-order valence-corrected chi connectivity index (χ3v) is 4.71. The second-order valence-corrected chi connectivity index (χ2v) is 6.64. The highest BCUT2D eigenvalue weighted by Crippen LogP contribution is 2.31. The summed E-state index contributed by atoms with van der Waals surface area (Å²) in [5.41, 5.74) is 0.882. The fourth-order valence-electron chi connectivity index (χ4n) is 3.14. The van der Waals surface area contributed by atoms with E-state index in [0.29, 0.717) is 26.3 Å². The number of hydrogen-bond acceptors (Lipinski definition) is 4. The average Bonchev–Trinajstić information content (AvgIpc) is 2.74. The second kappa shape index (κ2) is 9.67. The van der Waals surface area contributed by atoms with E-state index in [-0.39, 0.29) is 18.5 Å². The third-order valence-electron chi connectivity index (χ3n) is 4.71. The summed E-state index contributed by atoms with van der Waals surface area (Å²) < 4.78 is 43.9. The van der Waals surface area contributed by atoms with Crippen LogP contribution in [0.4, 0.5) is 13.2 Å². The molecule has 154 valence electrons. The quantitative estimate of drug-likeness (QED) is 0.750. The summed E-state index contributed by atoms with van der Waals surface area (Å²) in [5.74, 6) is -0.271. The number of nitrogens with zero attached hydrogens (tertiary/aromatic N) is 2. The summed E-state index contributed by atoms with van der Waals surface area (Å²) in [6, 6.07) is 8.43. The average molecular weight is 405 g/mol. The predicted octanol–water partition coefficient (Wildman–Crippen LogP) is 3.30. The molecule has 1 saturated heterocycles. The number of hydrogen-bond donors (Lipinski definition) is 1. The number of ether oxygens (including phenoxy) is 1. The predicted molar refractivity (Wildman–Crippen MR) is 103 cm³/mol. The lowest BCUT2D eigenvalue weighted by Gasteiger charge is -2.35. The molecule has 1 aromatic heterocycles. The van der Waals surface area contributed by atoms with Gasteiger partial charge in [0.25, 0.3) is 0 Å². The fraction of sp³-hybridized carbons (Fsp3) is 0.333. The molecule has 3 rings (SSSR count). The minimum Gasteiger partial charge on any atom is -0.379 e. The molecule has 1 fully saturated rings. The number of nitrogens with one attached hydrogen (secondary N) is 1. The summed E-state index contributed by atoms with van der Waals surface area (Å²) in [6.07, 6.45) is 2.00. The molecule has 1 aliphatic heterocycles. The Morgan fingerprint density at radius 3 is 2.41 bits per heavy atom. The number of benzene rings is 1. The topological polar surface area (TPSA) is 54.5 Å². The Hall–Kier alpha value is -2.71. The number of amides is 1. The highest BCUT2D eigenvalue weighted by Gasteiger charge is 2.31. The van der Waals surface area contributed by atoms with Crippen LogP contribution < -0.4 is 5.32 Å². The molecule has 0 saturated carbocycles. The maximum atomic E-state index is 12.9. The van der Waals surface area contributed by atoms with Gasteiger partial charge in [0.2, 0.25) is 5.91 Å². The van der Waals surface area contributed by atoms with Gasteiger partial charge >= 0.3 is 6.18 Å². The van der Waals surface area contributed by atoms with E-state index in [4.69, 9.17) is 4.74 Å². The van der Waals surface area contributed by atoms with Crippen LogP contribution in [0.2, 0.25) is 0 Å². The zero-order chi connectivity index (χ0) is 20.7. The third kappa shape index (κ3) is 6.13. The van der Waals surface area contributed by atoms with Gasteiger partial charge in [0.1, 0.15) is 0 Å². The normalized spacial score (nSPS) is 16.7. The number of aromatic nitrogens is 1. The van der Waals surface area contributed by atoms with Crippen molar-refractivity contribution in [1.82, 2.24) is 15.2 Å². The van der Waals surface area contributed by atoms with E-state index >= 15 is 0 Å². The summed E-state index contributed by atoms with van der Waals surface area (Å²) in [6.45, 7) is 2.67. The zero-order valence-electron chi connectivity index (χ0n) is 15.7. The smallest absolute Gasteiger partial charge is 0.379 e. The number of carbonyl (C=O) groups excluding carboxylic acids is 1. The Kier molecular flexibility index (Phi) is 7.00. The van der Waals surface area contributed by atoms with Crippen LogP contribution in [0.5, 0.6) is 0 Å². The van der Waals surface area contributed by atoms with Gasteiger partial charge in [-0.25, -0.2) is 0 Å². The molecule has 0 radical (unpaired) electrons. The van der Waals surface area contributed by atoms with Crippen molar-refractivity contribution >= 4 is 12.0 Å². The maximum Gasteiger partial charge on any atom is 0.416 e. The van der Waals surface area contributed by atoms with Gasteiger partial charge in [-0.1, -0.05) is 12.1 Å². The molecule has 0 spiro atoms. The van der Waals surface area contributed by atoms with Crippen molar-refractivity contribution < 1.29 is 22.7 Å². The first kappa shape index (κ1) is 21.0. The van der Waals surface area contributed by atoms with E-state index in [2.05, 4.69) is 15.2 Å². The summed E-state index contributed by atoms with van der Waals surface area (Å²) in [4.78, 5) is 18.2. The minimum atomic E-state index is -4.38. The Bertz CT molecular complexity index is 817. The molecule has 1 unspecified atom stereocenters. The number of halogens is 3. The van der Waals surface area contributed by atoms with Gasteiger partial charge in [0.05, 0.1) is 24.8 Å². The molecule has 0 bridgehead atoms. The Morgan fingerprint density at radius 1 is 1.14 bits per heavy atom. The second-order valence-electron chi connectivity index (χ2n) is 6.64. The molecule has 1 atom stereocenters. The molecule has 8 heteroatoms. The van der Waals surface area contributed by atoms with Crippen LogP contribution in [0, 0.1) is 0 Å². The molecule has 1 amide bonds. The van der Waals surface area contributed by atoms with Crippen LogP contribution in [-0.2, 0) is 15.7 Å². The lowest BCUT2D eigenvalue weighted by molar-refractivity contribution is -0.137. The standard InChI is InChI=1S/C21H22F3N3O2/c22-21(23,24)18-4-2-17(3-5-18)19(27-11-13-29-14-12-27)15-26-20(28)6-1-16-7-9-25-10-8-16/h1-10,19H,11-15H2,(H,26,28)/b6-1+. The van der Waals surface area contributed by atoms with Crippen LogP contribution >= 0.6 is 0 Å². The molecular formula is C21H22F3N3O2. The highest BCUT2D eigenvalue weighted by molar-refractivity contribution is 5.91. The Balaban J connectivity index is 1.69. The van der Waals surface area contributed by atoms with Gasteiger partial charge < -0.3 is 10.1 Å². The molecule has 2 aromatic rings. The van der Waals surface area contributed by atoms with Crippen LogP contribution in [0.25, 0.3) is 6.08 Å². The van der Waals surface area contributed by atoms with Gasteiger partial charge in [0, 0.05) is 38.1 Å². The molecule has 2 heterocycles. The van der Waals surface area contributed by atoms with Crippen molar-refractivity contribution in [1.29, 1.82) is 0 Å². The van der Waals surface area contributed by atoms with Crippen LogP contribution in [0.3, 0.4) is 0 Å². The number of alkyl halides is 3. The molecule has 1 aromatic carbocycles. The van der Waals surface area contributed by atoms with Crippen molar-refractivity contribution in [2.24, 2.45) is 0 Å². The van der Waals surface area contributed by atoms with Gasteiger partial charge in [-0.2, -0.15) is 13.2 Å². The van der Waals surface area contributed by atoms with Gasteiger partial charge in [-0.05, 0) is 41.5 Å². The van der Waals surface area contributed by atoms with Crippen LogP contribution in [-0.4, -0.2) is 48.6 Å². The lowest BCUT2D eigenvalue weighted by Crippen LogP contribution is -2.43. The van der Waals surface area contributed by atoms with Crippen molar-refractivity contribution in [3.8, 4) is 0 Å². The Morgan fingerprint density at radius 2 is 1.79 bits per heavy atom. The first-order valence-electron chi connectivity index (χ1n) is 9.28. The van der Waals surface area contributed by atoms with Gasteiger partial charge in [-0.15, -0.1) is 0 Å². The monoisotopic (exact) mass is 405 g/mol. The van der Waals surface area contributed by atoms with E-state index in [9.17, 15) is 18.0 Å².